The molecule has 116 valence electrons. The van der Waals surface area contributed by atoms with Gasteiger partial charge in [-0.25, -0.2) is 4.79 Å². The molecule has 0 saturated carbocycles. The van der Waals surface area contributed by atoms with Crippen molar-refractivity contribution in [2.24, 2.45) is 5.92 Å². The molecule has 1 heterocycles. The van der Waals surface area contributed by atoms with E-state index in [4.69, 9.17) is 9.84 Å². The van der Waals surface area contributed by atoms with E-state index in [9.17, 15) is 14.7 Å². The van der Waals surface area contributed by atoms with E-state index in [1.807, 2.05) is 0 Å². The van der Waals surface area contributed by atoms with Crippen LogP contribution in [-0.4, -0.2) is 66.1 Å². The highest BCUT2D eigenvalue weighted by atomic mass is 16.5. The quantitative estimate of drug-likeness (QED) is 0.652. The maximum absolute atomic E-state index is 11.8. The van der Waals surface area contributed by atoms with E-state index in [2.05, 4.69) is 5.32 Å². The molecule has 0 bridgehead atoms. The first-order valence-corrected chi connectivity index (χ1v) is 6.86. The van der Waals surface area contributed by atoms with Crippen molar-refractivity contribution in [3.8, 4) is 0 Å². The lowest BCUT2D eigenvalue weighted by atomic mass is 9.94. The van der Waals surface area contributed by atoms with E-state index in [-0.39, 0.29) is 12.6 Å². The lowest BCUT2D eigenvalue weighted by Gasteiger charge is -2.35. The van der Waals surface area contributed by atoms with E-state index in [0.717, 1.165) is 0 Å². The van der Waals surface area contributed by atoms with Gasteiger partial charge in [0.2, 0.25) is 0 Å². The first-order valence-electron chi connectivity index (χ1n) is 6.86. The van der Waals surface area contributed by atoms with Gasteiger partial charge in [0.25, 0.3) is 0 Å². The zero-order valence-corrected chi connectivity index (χ0v) is 12.1. The molecular weight excluding hydrogens is 264 g/mol. The first kappa shape index (κ1) is 16.7. The molecule has 7 heteroatoms. The summed E-state index contributed by atoms with van der Waals surface area (Å²) >= 11 is 0. The number of rotatable bonds is 6. The molecule has 2 amide bonds. The summed E-state index contributed by atoms with van der Waals surface area (Å²) in [5.41, 5.74) is -0.890. The van der Waals surface area contributed by atoms with Crippen LogP contribution in [0.2, 0.25) is 0 Å². The standard InChI is InChI=1S/C13H24N2O5/c1-10(11(16)17)3-6-14-12(18)15(2)9-13(19)4-7-20-8-5-13/h10,19H,3-9H2,1-2H3,(H,14,18)(H,16,17). The SMILES string of the molecule is CC(CCNC(=O)N(C)CC1(O)CCOCC1)C(=O)O. The van der Waals surface area contributed by atoms with Crippen LogP contribution in [0.25, 0.3) is 0 Å². The second-order valence-electron chi connectivity index (χ2n) is 5.45. The minimum atomic E-state index is -0.890. The molecule has 3 N–H and O–H groups in total. The van der Waals surface area contributed by atoms with Crippen LogP contribution in [-0.2, 0) is 9.53 Å². The average molecular weight is 288 g/mol. The van der Waals surface area contributed by atoms with Crippen molar-refractivity contribution in [1.29, 1.82) is 0 Å². The summed E-state index contributed by atoms with van der Waals surface area (Å²) in [5, 5.41) is 21.7. The van der Waals surface area contributed by atoms with Crippen LogP contribution in [0.5, 0.6) is 0 Å². The third-order valence-corrected chi connectivity index (χ3v) is 3.58. The Morgan fingerprint density at radius 2 is 2.00 bits per heavy atom. The van der Waals surface area contributed by atoms with Crippen molar-refractivity contribution in [2.75, 3.05) is 33.4 Å². The van der Waals surface area contributed by atoms with Crippen LogP contribution in [0.4, 0.5) is 4.79 Å². The summed E-state index contributed by atoms with van der Waals surface area (Å²) < 4.78 is 5.19. The van der Waals surface area contributed by atoms with E-state index < -0.39 is 17.5 Å². The molecular formula is C13H24N2O5. The van der Waals surface area contributed by atoms with Crippen LogP contribution in [0, 0.1) is 5.92 Å². The Hall–Kier alpha value is -1.34. The summed E-state index contributed by atoms with van der Waals surface area (Å²) in [7, 11) is 1.61. The number of hydrogen-bond donors (Lipinski definition) is 3. The third kappa shape index (κ3) is 5.34. The predicted octanol–water partition coefficient (Wildman–Crippen LogP) is 0.280. The number of carboxylic acid groups (broad SMARTS) is 1. The highest BCUT2D eigenvalue weighted by molar-refractivity contribution is 5.74. The fourth-order valence-electron chi connectivity index (χ4n) is 2.08. The molecule has 1 unspecified atom stereocenters. The molecule has 7 nitrogen and oxygen atoms in total. The zero-order chi connectivity index (χ0) is 15.2. The number of amides is 2. The Morgan fingerprint density at radius 1 is 1.40 bits per heavy atom. The lowest BCUT2D eigenvalue weighted by Crippen LogP contribution is -2.50. The van der Waals surface area contributed by atoms with Gasteiger partial charge in [0, 0.05) is 39.6 Å². The molecule has 0 aliphatic carbocycles. The summed E-state index contributed by atoms with van der Waals surface area (Å²) in [6.45, 7) is 3.15. The Labute approximate surface area is 118 Å². The molecule has 1 rings (SSSR count). The maximum Gasteiger partial charge on any atom is 0.317 e. The van der Waals surface area contributed by atoms with Crippen LogP contribution in [0.3, 0.4) is 0 Å². The Morgan fingerprint density at radius 3 is 2.55 bits per heavy atom. The number of ether oxygens (including phenoxy) is 1. The number of nitrogens with one attached hydrogen (secondary N) is 1. The van der Waals surface area contributed by atoms with Crippen LogP contribution in [0.15, 0.2) is 0 Å². The van der Waals surface area contributed by atoms with Crippen LogP contribution < -0.4 is 5.32 Å². The van der Waals surface area contributed by atoms with Crippen molar-refractivity contribution in [3.63, 3.8) is 0 Å². The molecule has 0 aromatic rings. The molecule has 1 aliphatic heterocycles. The minimum Gasteiger partial charge on any atom is -0.481 e. The summed E-state index contributed by atoms with van der Waals surface area (Å²) in [6.07, 6.45) is 1.41. The normalized spacial score (nSPS) is 19.1. The van der Waals surface area contributed by atoms with Crippen molar-refractivity contribution in [1.82, 2.24) is 10.2 Å². The number of aliphatic hydroxyl groups is 1. The van der Waals surface area contributed by atoms with E-state index in [0.29, 0.717) is 39.0 Å². The molecule has 1 saturated heterocycles. The van der Waals surface area contributed by atoms with Gasteiger partial charge in [-0.3, -0.25) is 4.79 Å². The fraction of sp³-hybridized carbons (Fsp3) is 0.846. The molecule has 20 heavy (non-hydrogen) atoms. The molecule has 1 fully saturated rings. The second kappa shape index (κ2) is 7.44. The lowest BCUT2D eigenvalue weighted by molar-refractivity contribution is -0.141. The van der Waals surface area contributed by atoms with Crippen LogP contribution >= 0.6 is 0 Å². The summed E-state index contributed by atoms with van der Waals surface area (Å²) in [5.74, 6) is -1.36. The van der Waals surface area contributed by atoms with E-state index in [1.165, 1.54) is 4.90 Å². The zero-order valence-electron chi connectivity index (χ0n) is 12.1. The van der Waals surface area contributed by atoms with Gasteiger partial charge < -0.3 is 25.2 Å². The van der Waals surface area contributed by atoms with Gasteiger partial charge in [0.1, 0.15) is 0 Å². The molecule has 0 radical (unpaired) electrons. The summed E-state index contributed by atoms with van der Waals surface area (Å²) in [6, 6.07) is -0.303. The summed E-state index contributed by atoms with van der Waals surface area (Å²) in [4.78, 5) is 23.9. The number of aliphatic carboxylic acids is 1. The smallest absolute Gasteiger partial charge is 0.317 e. The number of nitrogens with zero attached hydrogens (tertiary/aromatic N) is 1. The van der Waals surface area contributed by atoms with Gasteiger partial charge in [-0.1, -0.05) is 6.92 Å². The molecule has 0 aromatic heterocycles. The number of hydrogen-bond acceptors (Lipinski definition) is 4. The Bertz CT molecular complexity index is 342. The van der Waals surface area contributed by atoms with Crippen molar-refractivity contribution < 1.29 is 24.5 Å². The number of likely N-dealkylation sites (N-methyl/N-ethyl adjacent to an activating group) is 1. The minimum absolute atomic E-state index is 0.247. The third-order valence-electron chi connectivity index (χ3n) is 3.58. The maximum atomic E-state index is 11.8. The number of carboxylic acids is 1. The average Bonchev–Trinajstić information content (AvgIpc) is 2.38. The molecule has 0 spiro atoms. The van der Waals surface area contributed by atoms with Crippen molar-refractivity contribution in [2.45, 2.75) is 31.8 Å². The van der Waals surface area contributed by atoms with Gasteiger partial charge in [0.05, 0.1) is 18.1 Å². The highest BCUT2D eigenvalue weighted by Crippen LogP contribution is 2.21. The van der Waals surface area contributed by atoms with E-state index in [1.54, 1.807) is 14.0 Å². The molecule has 1 aliphatic rings. The Balaban J connectivity index is 2.30. The van der Waals surface area contributed by atoms with Gasteiger partial charge in [-0.2, -0.15) is 0 Å². The van der Waals surface area contributed by atoms with Crippen molar-refractivity contribution >= 4 is 12.0 Å². The molecule has 1 atom stereocenters. The predicted molar refractivity (Wildman–Crippen MR) is 72.4 cm³/mol. The topological polar surface area (TPSA) is 99.1 Å². The van der Waals surface area contributed by atoms with Crippen LogP contribution in [0.1, 0.15) is 26.2 Å². The Kier molecular flexibility index (Phi) is 6.22. The number of urea groups is 1. The highest BCUT2D eigenvalue weighted by Gasteiger charge is 2.32. The number of carbonyl (C=O) groups is 2. The number of carbonyl (C=O) groups excluding carboxylic acids is 1. The second-order valence-corrected chi connectivity index (χ2v) is 5.45. The van der Waals surface area contributed by atoms with Gasteiger partial charge in [-0.05, 0) is 6.42 Å². The molecule has 0 aromatic carbocycles. The van der Waals surface area contributed by atoms with Gasteiger partial charge >= 0.3 is 12.0 Å². The monoisotopic (exact) mass is 288 g/mol. The fourth-order valence-corrected chi connectivity index (χ4v) is 2.08. The first-order chi connectivity index (χ1) is 9.34. The van der Waals surface area contributed by atoms with Gasteiger partial charge in [0.15, 0.2) is 0 Å². The van der Waals surface area contributed by atoms with E-state index >= 15 is 0 Å². The van der Waals surface area contributed by atoms with Crippen molar-refractivity contribution in [3.05, 3.63) is 0 Å². The largest absolute Gasteiger partial charge is 0.481 e. The van der Waals surface area contributed by atoms with Gasteiger partial charge in [-0.15, -0.1) is 0 Å².